The lowest BCUT2D eigenvalue weighted by atomic mass is 9.90. The van der Waals surface area contributed by atoms with Gasteiger partial charge in [-0.3, -0.25) is 9.59 Å². The predicted molar refractivity (Wildman–Crippen MR) is 124 cm³/mol. The first-order chi connectivity index (χ1) is 15.1. The number of rotatable bonds is 5. The number of benzene rings is 3. The zero-order chi connectivity index (χ0) is 21.6. The number of hydrogen-bond acceptors (Lipinski definition) is 2. The van der Waals surface area contributed by atoms with Gasteiger partial charge in [0.1, 0.15) is 0 Å². The van der Waals surface area contributed by atoms with Gasteiger partial charge < -0.3 is 10.2 Å². The molecule has 1 fully saturated rings. The highest BCUT2D eigenvalue weighted by Gasteiger charge is 2.25. The minimum absolute atomic E-state index is 0.0158. The van der Waals surface area contributed by atoms with E-state index in [1.165, 1.54) is 5.56 Å². The number of nitrogens with zero attached hydrogens (tertiary/aromatic N) is 1. The lowest BCUT2D eigenvalue weighted by Gasteiger charge is -2.32. The van der Waals surface area contributed by atoms with Crippen LogP contribution in [0.5, 0.6) is 0 Å². The largest absolute Gasteiger partial charge is 0.339 e. The Bertz CT molecular complexity index is 1040. The zero-order valence-electron chi connectivity index (χ0n) is 17.9. The molecule has 4 nitrogen and oxygen atoms in total. The van der Waals surface area contributed by atoms with E-state index in [0.29, 0.717) is 22.7 Å². The molecule has 1 saturated heterocycles. The van der Waals surface area contributed by atoms with Gasteiger partial charge in [0.2, 0.25) is 0 Å². The smallest absolute Gasteiger partial charge is 0.255 e. The third-order valence-electron chi connectivity index (χ3n) is 5.99. The minimum Gasteiger partial charge on any atom is -0.339 e. The molecule has 0 saturated carbocycles. The van der Waals surface area contributed by atoms with Crippen LogP contribution in [0.4, 0.5) is 5.69 Å². The molecule has 3 aromatic carbocycles. The molecule has 0 aliphatic carbocycles. The lowest BCUT2D eigenvalue weighted by molar-refractivity contribution is 0.0691. The predicted octanol–water partition coefficient (Wildman–Crippen LogP) is 5.34. The average Bonchev–Trinajstić information content (AvgIpc) is 2.80. The number of carbonyl (C=O) groups excluding carboxylic acids is 2. The van der Waals surface area contributed by atoms with E-state index in [9.17, 15) is 9.59 Å². The van der Waals surface area contributed by atoms with Crippen LogP contribution in [-0.4, -0.2) is 29.8 Å². The molecule has 1 N–H and O–H groups in total. The second-order valence-electron chi connectivity index (χ2n) is 8.29. The van der Waals surface area contributed by atoms with Gasteiger partial charge in [0.05, 0.1) is 11.3 Å². The number of hydrogen-bond donors (Lipinski definition) is 1. The Labute approximate surface area is 183 Å². The van der Waals surface area contributed by atoms with Crippen molar-refractivity contribution in [3.05, 3.63) is 101 Å². The van der Waals surface area contributed by atoms with Crippen LogP contribution in [0.3, 0.4) is 0 Å². The topological polar surface area (TPSA) is 49.4 Å². The third kappa shape index (κ3) is 5.21. The Morgan fingerprint density at radius 2 is 1.52 bits per heavy atom. The molecule has 0 unspecified atom stereocenters. The molecule has 4 heteroatoms. The van der Waals surface area contributed by atoms with Gasteiger partial charge in [0.15, 0.2) is 0 Å². The van der Waals surface area contributed by atoms with Crippen LogP contribution in [0.15, 0.2) is 78.9 Å². The molecule has 1 heterocycles. The fraction of sp³-hybridized carbons (Fsp3) is 0.259. The Kier molecular flexibility index (Phi) is 6.46. The highest BCUT2D eigenvalue weighted by molar-refractivity contribution is 6.09. The highest BCUT2D eigenvalue weighted by Crippen LogP contribution is 2.25. The van der Waals surface area contributed by atoms with Crippen LogP contribution >= 0.6 is 0 Å². The second-order valence-corrected chi connectivity index (χ2v) is 8.29. The number of para-hydroxylation sites is 1. The molecule has 31 heavy (non-hydrogen) atoms. The number of anilines is 1. The fourth-order valence-electron chi connectivity index (χ4n) is 4.14. The molecule has 0 aromatic heterocycles. The van der Waals surface area contributed by atoms with Crippen molar-refractivity contribution in [3.8, 4) is 0 Å². The van der Waals surface area contributed by atoms with Crippen molar-refractivity contribution in [2.75, 3.05) is 18.4 Å². The van der Waals surface area contributed by atoms with Gasteiger partial charge in [-0.25, -0.2) is 0 Å². The van der Waals surface area contributed by atoms with E-state index in [1.807, 2.05) is 42.2 Å². The van der Waals surface area contributed by atoms with Crippen molar-refractivity contribution >= 4 is 17.5 Å². The molecule has 1 aliphatic heterocycles. The average molecular weight is 413 g/mol. The summed E-state index contributed by atoms with van der Waals surface area (Å²) in [6, 6.07) is 25.2. The number of amides is 2. The van der Waals surface area contributed by atoms with Crippen molar-refractivity contribution < 1.29 is 9.59 Å². The fourth-order valence-corrected chi connectivity index (χ4v) is 4.14. The van der Waals surface area contributed by atoms with Crippen molar-refractivity contribution in [1.29, 1.82) is 0 Å². The van der Waals surface area contributed by atoms with Gasteiger partial charge >= 0.3 is 0 Å². The third-order valence-corrected chi connectivity index (χ3v) is 5.99. The Hall–Kier alpha value is -3.40. The Morgan fingerprint density at radius 1 is 0.871 bits per heavy atom. The summed E-state index contributed by atoms with van der Waals surface area (Å²) in [7, 11) is 0. The number of likely N-dealkylation sites (tertiary alicyclic amines) is 1. The molecular formula is C27H28N2O2. The van der Waals surface area contributed by atoms with Crippen LogP contribution in [0.25, 0.3) is 0 Å². The molecule has 4 rings (SSSR count). The van der Waals surface area contributed by atoms with Gasteiger partial charge in [-0.05, 0) is 61.9 Å². The summed E-state index contributed by atoms with van der Waals surface area (Å²) in [5, 5.41) is 2.92. The molecule has 2 amide bonds. The molecule has 0 bridgehead atoms. The standard InChI is InChI=1S/C27H28N2O2/c1-20-11-13-23(14-12-20)26(30)28-25-10-6-5-9-24(25)27(31)29-17-15-22(16-18-29)19-21-7-3-2-4-8-21/h2-14,22H,15-19H2,1H3,(H,28,30). The molecule has 0 radical (unpaired) electrons. The first-order valence-electron chi connectivity index (χ1n) is 10.9. The van der Waals surface area contributed by atoms with Gasteiger partial charge in [0, 0.05) is 18.7 Å². The van der Waals surface area contributed by atoms with Crippen molar-refractivity contribution in [1.82, 2.24) is 4.90 Å². The second kappa shape index (κ2) is 9.61. The van der Waals surface area contributed by atoms with Crippen LogP contribution < -0.4 is 5.32 Å². The Balaban J connectivity index is 1.40. The summed E-state index contributed by atoms with van der Waals surface area (Å²) in [5.41, 5.74) is 4.14. The minimum atomic E-state index is -0.207. The molecule has 0 spiro atoms. The summed E-state index contributed by atoms with van der Waals surface area (Å²) in [6.07, 6.45) is 3.06. The molecular weight excluding hydrogens is 384 g/mol. The van der Waals surface area contributed by atoms with Gasteiger partial charge in [-0.1, -0.05) is 60.2 Å². The zero-order valence-corrected chi connectivity index (χ0v) is 17.9. The van der Waals surface area contributed by atoms with E-state index >= 15 is 0 Å². The summed E-state index contributed by atoms with van der Waals surface area (Å²) >= 11 is 0. The first-order valence-corrected chi connectivity index (χ1v) is 10.9. The highest BCUT2D eigenvalue weighted by atomic mass is 16.2. The maximum absolute atomic E-state index is 13.2. The molecule has 158 valence electrons. The van der Waals surface area contributed by atoms with Crippen LogP contribution in [0, 0.1) is 12.8 Å². The van der Waals surface area contributed by atoms with Crippen LogP contribution in [-0.2, 0) is 6.42 Å². The number of carbonyl (C=O) groups is 2. The van der Waals surface area contributed by atoms with Gasteiger partial charge in [-0.15, -0.1) is 0 Å². The normalized spacial score (nSPS) is 14.3. The van der Waals surface area contributed by atoms with Crippen LogP contribution in [0.1, 0.15) is 44.7 Å². The van der Waals surface area contributed by atoms with Gasteiger partial charge in [-0.2, -0.15) is 0 Å². The summed E-state index contributed by atoms with van der Waals surface area (Å²) in [6.45, 7) is 3.48. The van der Waals surface area contributed by atoms with E-state index in [4.69, 9.17) is 0 Å². The summed E-state index contributed by atoms with van der Waals surface area (Å²) < 4.78 is 0. The number of piperidine rings is 1. The summed E-state index contributed by atoms with van der Waals surface area (Å²) in [4.78, 5) is 27.8. The number of aryl methyl sites for hydroxylation is 1. The van der Waals surface area contributed by atoms with E-state index in [1.54, 1.807) is 24.3 Å². The van der Waals surface area contributed by atoms with E-state index in [2.05, 4.69) is 29.6 Å². The SMILES string of the molecule is Cc1ccc(C(=O)Nc2ccccc2C(=O)N2CCC(Cc3ccccc3)CC2)cc1. The molecule has 1 aliphatic rings. The monoisotopic (exact) mass is 412 g/mol. The molecule has 0 atom stereocenters. The lowest BCUT2D eigenvalue weighted by Crippen LogP contribution is -2.39. The van der Waals surface area contributed by atoms with E-state index in [0.717, 1.165) is 37.9 Å². The van der Waals surface area contributed by atoms with Crippen molar-refractivity contribution in [2.24, 2.45) is 5.92 Å². The maximum atomic E-state index is 13.2. The summed E-state index contributed by atoms with van der Waals surface area (Å²) in [5.74, 6) is 0.378. The first kappa shape index (κ1) is 20.9. The maximum Gasteiger partial charge on any atom is 0.255 e. The van der Waals surface area contributed by atoms with E-state index in [-0.39, 0.29) is 11.8 Å². The molecule has 3 aromatic rings. The van der Waals surface area contributed by atoms with Crippen LogP contribution in [0.2, 0.25) is 0 Å². The van der Waals surface area contributed by atoms with Gasteiger partial charge in [0.25, 0.3) is 11.8 Å². The Morgan fingerprint density at radius 3 is 2.23 bits per heavy atom. The van der Waals surface area contributed by atoms with Crippen molar-refractivity contribution in [2.45, 2.75) is 26.2 Å². The quantitative estimate of drug-likeness (QED) is 0.615. The van der Waals surface area contributed by atoms with E-state index < -0.39 is 0 Å². The van der Waals surface area contributed by atoms with Crippen molar-refractivity contribution in [3.63, 3.8) is 0 Å². The number of nitrogens with one attached hydrogen (secondary N) is 1.